The number of hydrogen-bond donors (Lipinski definition) is 0. The van der Waals surface area contributed by atoms with Gasteiger partial charge in [0.1, 0.15) is 0 Å². The maximum absolute atomic E-state index is 2.31. The molecule has 0 N–H and O–H groups in total. The van der Waals surface area contributed by atoms with Crippen molar-refractivity contribution < 1.29 is 48.1 Å². The number of rotatable bonds is 2. The number of hydrogen-bond acceptors (Lipinski definition) is 0. The predicted octanol–water partition coefficient (Wildman–Crippen LogP) is 2.77. The second-order valence-electron chi connectivity index (χ2n) is 9.04. The summed E-state index contributed by atoms with van der Waals surface area (Å²) in [4.78, 5) is 0. The minimum absolute atomic E-state index is 0. The maximum atomic E-state index is 2.31. The number of benzene rings is 2. The third-order valence-corrected chi connectivity index (χ3v) is 5.32. The fourth-order valence-corrected chi connectivity index (χ4v) is 3.50. The normalized spacial score (nSPS) is 10.1. The zero-order chi connectivity index (χ0) is 22.4. The molecule has 0 heterocycles. The van der Waals surface area contributed by atoms with E-state index >= 15 is 0 Å². The fraction of sp³-hybridized carbons (Fsp3) is 0.357. The third-order valence-electron chi connectivity index (χ3n) is 5.32. The first-order valence-corrected chi connectivity index (χ1v) is 17.1. The van der Waals surface area contributed by atoms with Crippen LogP contribution in [-0.4, -0.2) is 5.43 Å². The van der Waals surface area contributed by atoms with Crippen LogP contribution in [0.2, 0.25) is 13.1 Å². The average Bonchev–Trinajstić information content (AvgIpc) is 3.27. The summed E-state index contributed by atoms with van der Waals surface area (Å²) in [6.07, 6.45) is 0. The predicted molar refractivity (Wildman–Crippen MR) is 134 cm³/mol. The Morgan fingerprint density at radius 1 is 0.688 bits per heavy atom. The standard InChI is InChI=1S/2C13H15.C2H6Si.2ClH.Zr/c2*1-9(2)12-7-11-6-4-5-10(3)13(11)8-12;1-3-2;;;/h2*4-9H,1-3H3;1-2H3;2*1H;/q2*-1;;;;+2/p-2. The summed E-state index contributed by atoms with van der Waals surface area (Å²) in [5.74, 6) is 1.26. The van der Waals surface area contributed by atoms with Crippen LogP contribution in [0.15, 0.2) is 60.7 Å². The molecule has 0 saturated heterocycles. The molecule has 0 aromatic heterocycles. The number of aryl methyl sites for hydroxylation is 2. The summed E-state index contributed by atoms with van der Waals surface area (Å²) in [6, 6.07) is 22.2. The zero-order valence-electron chi connectivity index (χ0n) is 20.7. The van der Waals surface area contributed by atoms with Gasteiger partial charge in [0.25, 0.3) is 0 Å². The Kier molecular flexibility index (Phi) is 14.3. The molecular formula is C28H36Cl2SiZr-2. The molecule has 4 rings (SSSR count). The van der Waals surface area contributed by atoms with Gasteiger partial charge in [0.05, 0.1) is 0 Å². The van der Waals surface area contributed by atoms with Crippen LogP contribution in [0.4, 0.5) is 0 Å². The summed E-state index contributed by atoms with van der Waals surface area (Å²) in [5, 5.41) is 5.57. The van der Waals surface area contributed by atoms with Crippen LogP contribution in [0.3, 0.4) is 0 Å². The largest absolute Gasteiger partial charge is 1.00 e. The average molecular weight is 563 g/mol. The van der Waals surface area contributed by atoms with Gasteiger partial charge in [-0.05, 0) is 25.7 Å². The third kappa shape index (κ3) is 8.94. The van der Waals surface area contributed by atoms with Gasteiger partial charge in [-0.25, -0.2) is 0 Å². The Labute approximate surface area is 223 Å². The van der Waals surface area contributed by atoms with Gasteiger partial charge in [-0.3, -0.25) is 0 Å². The van der Waals surface area contributed by atoms with Crippen LogP contribution in [0.1, 0.15) is 61.8 Å². The number of halogens is 2. The fourth-order valence-electron chi connectivity index (χ4n) is 3.50. The minimum Gasteiger partial charge on any atom is -1.00 e. The van der Waals surface area contributed by atoms with Crippen LogP contribution < -0.4 is 24.8 Å². The molecule has 0 spiro atoms. The first kappa shape index (κ1) is 31.3. The smallest absolute Gasteiger partial charge is 0.0397 e. The Morgan fingerprint density at radius 2 is 1.00 bits per heavy atom. The molecular weight excluding hydrogens is 527 g/mol. The van der Waals surface area contributed by atoms with Gasteiger partial charge in [0.15, 0.2) is 0 Å². The van der Waals surface area contributed by atoms with Crippen molar-refractivity contribution >= 4 is 27.0 Å². The van der Waals surface area contributed by atoms with Crippen molar-refractivity contribution in [2.45, 2.75) is 66.5 Å². The summed E-state index contributed by atoms with van der Waals surface area (Å²) in [5.41, 5.74) is 5.87. The van der Waals surface area contributed by atoms with E-state index in [1.54, 1.807) is 23.3 Å². The molecule has 0 aliphatic carbocycles. The Balaban J connectivity index is 0.000000490. The molecule has 4 aromatic rings. The molecule has 0 fully saturated rings. The molecule has 0 saturated carbocycles. The quantitative estimate of drug-likeness (QED) is 0.261. The van der Waals surface area contributed by atoms with Crippen molar-refractivity contribution in [3.8, 4) is 0 Å². The monoisotopic (exact) mass is 560 g/mol. The second kappa shape index (κ2) is 14.6. The van der Waals surface area contributed by atoms with E-state index in [2.05, 4.69) is 115 Å². The summed E-state index contributed by atoms with van der Waals surface area (Å²) < 4.78 is 0. The molecule has 4 aromatic carbocycles. The van der Waals surface area contributed by atoms with Gasteiger partial charge < -0.3 is 24.8 Å². The van der Waals surface area contributed by atoms with E-state index in [4.69, 9.17) is 0 Å². The van der Waals surface area contributed by atoms with E-state index in [1.165, 1.54) is 43.8 Å². The van der Waals surface area contributed by atoms with Gasteiger partial charge in [-0.15, -0.1) is 69.1 Å². The zero-order valence-corrected chi connectivity index (χ0v) is 25.7. The molecule has 0 amide bonds. The van der Waals surface area contributed by atoms with E-state index in [0.717, 1.165) is 0 Å². The summed E-state index contributed by atoms with van der Waals surface area (Å²) in [7, 11) is 0. The van der Waals surface area contributed by atoms with Gasteiger partial charge >= 0.3 is 41.9 Å². The molecule has 0 aliphatic heterocycles. The molecule has 172 valence electrons. The van der Waals surface area contributed by atoms with Crippen LogP contribution in [0.5, 0.6) is 0 Å². The number of fused-ring (bicyclic) bond motifs is 2. The van der Waals surface area contributed by atoms with Crippen LogP contribution in [0.25, 0.3) is 21.5 Å². The van der Waals surface area contributed by atoms with Crippen LogP contribution in [0, 0.1) is 13.8 Å². The summed E-state index contributed by atoms with van der Waals surface area (Å²) in [6.45, 7) is 17.9. The van der Waals surface area contributed by atoms with Crippen molar-refractivity contribution in [3.05, 3.63) is 82.9 Å². The van der Waals surface area contributed by atoms with Gasteiger partial charge in [0, 0.05) is 0 Å². The van der Waals surface area contributed by atoms with E-state index in [9.17, 15) is 0 Å². The van der Waals surface area contributed by atoms with Crippen LogP contribution in [-0.2, 0) is 23.3 Å². The summed E-state index contributed by atoms with van der Waals surface area (Å²) >= 11 is 1.74. The van der Waals surface area contributed by atoms with Crippen LogP contribution >= 0.6 is 0 Å². The second-order valence-corrected chi connectivity index (χ2v) is 18.4. The van der Waals surface area contributed by atoms with Crippen molar-refractivity contribution in [1.29, 1.82) is 0 Å². The molecule has 32 heavy (non-hydrogen) atoms. The minimum atomic E-state index is 0. The van der Waals surface area contributed by atoms with E-state index < -0.39 is 0 Å². The molecule has 4 heteroatoms. The molecule has 0 atom stereocenters. The van der Waals surface area contributed by atoms with Gasteiger partial charge in [0.2, 0.25) is 0 Å². The van der Waals surface area contributed by atoms with Crippen molar-refractivity contribution in [2.24, 2.45) is 0 Å². The maximum Gasteiger partial charge on any atom is -0.0397 e. The van der Waals surface area contributed by atoms with Gasteiger partial charge in [-0.1, -0.05) is 51.0 Å². The van der Waals surface area contributed by atoms with Crippen molar-refractivity contribution in [3.63, 3.8) is 0 Å². The van der Waals surface area contributed by atoms with Gasteiger partial charge in [-0.2, -0.15) is 12.1 Å². The molecule has 0 unspecified atom stereocenters. The van der Waals surface area contributed by atoms with Crippen molar-refractivity contribution in [2.75, 3.05) is 0 Å². The first-order chi connectivity index (χ1) is 14.1. The molecule has 0 bridgehead atoms. The van der Waals surface area contributed by atoms with E-state index in [1.807, 2.05) is 0 Å². The Bertz CT molecular complexity index is 1030. The topological polar surface area (TPSA) is 0 Å². The van der Waals surface area contributed by atoms with Crippen molar-refractivity contribution in [1.82, 2.24) is 0 Å². The van der Waals surface area contributed by atoms with E-state index in [0.29, 0.717) is 11.8 Å². The van der Waals surface area contributed by atoms with E-state index in [-0.39, 0.29) is 30.2 Å². The molecule has 0 radical (unpaired) electrons. The molecule has 0 aliphatic rings. The SMILES string of the molecule is C[Si](C)=[Zr+2].Cc1cccc2[cH-]c(C(C)C)cc12.Cc1cccc2[cH-]c(C(C)C)cc12.[Cl-].[Cl-]. The first-order valence-electron chi connectivity index (χ1n) is 10.9. The Hall–Kier alpha value is -0.660. The Morgan fingerprint density at radius 3 is 1.25 bits per heavy atom. The molecule has 0 nitrogen and oxygen atoms in total.